The molecular weight excluding hydrogens is 246 g/mol. The normalized spacial score (nSPS) is 10.5. The van der Waals surface area contributed by atoms with E-state index in [9.17, 15) is 4.79 Å². The Kier molecular flexibility index (Phi) is 3.14. The van der Waals surface area contributed by atoms with Crippen LogP contribution in [0.4, 0.5) is 0 Å². The summed E-state index contributed by atoms with van der Waals surface area (Å²) in [6.07, 6.45) is 1.44. The monoisotopic (exact) mass is 255 g/mol. The van der Waals surface area contributed by atoms with Gasteiger partial charge in [0.05, 0.1) is 18.4 Å². The third kappa shape index (κ3) is 2.16. The maximum atomic E-state index is 11.4. The van der Waals surface area contributed by atoms with E-state index in [1.807, 2.05) is 0 Å². The summed E-state index contributed by atoms with van der Waals surface area (Å²) in [7, 11) is 1.66. The fourth-order valence-corrected chi connectivity index (χ4v) is 1.55. The summed E-state index contributed by atoms with van der Waals surface area (Å²) < 4.78 is 11.2. The van der Waals surface area contributed by atoms with Crippen molar-refractivity contribution in [2.75, 3.05) is 6.61 Å². The molecule has 0 aliphatic carbocycles. The zero-order chi connectivity index (χ0) is 12.4. The smallest absolute Gasteiger partial charge is 0.378 e. The summed E-state index contributed by atoms with van der Waals surface area (Å²) >= 11 is 5.83. The number of aryl methyl sites for hydroxylation is 1. The van der Waals surface area contributed by atoms with E-state index in [4.69, 9.17) is 20.8 Å². The lowest BCUT2D eigenvalue weighted by Crippen LogP contribution is -2.07. The van der Waals surface area contributed by atoms with Crippen LogP contribution in [0, 0.1) is 0 Å². The first-order chi connectivity index (χ1) is 8.13. The van der Waals surface area contributed by atoms with Crippen molar-refractivity contribution in [3.63, 3.8) is 0 Å². The highest BCUT2D eigenvalue weighted by Gasteiger charge is 2.19. The highest BCUT2D eigenvalue weighted by Crippen LogP contribution is 2.26. The van der Waals surface area contributed by atoms with Crippen LogP contribution in [0.15, 0.2) is 16.7 Å². The molecule has 0 saturated heterocycles. The number of hydrogen-bond donors (Lipinski definition) is 0. The highest BCUT2D eigenvalue weighted by molar-refractivity contribution is 6.31. The molecule has 2 heterocycles. The van der Waals surface area contributed by atoms with Crippen molar-refractivity contribution in [2.24, 2.45) is 7.05 Å². The lowest BCUT2D eigenvalue weighted by Gasteiger charge is -1.94. The minimum Gasteiger partial charge on any atom is -0.460 e. The standard InChI is InChI=1S/C10H10ClN3O3/c1-3-16-10(15)8-12-9(14(2)13-8)6-4-5-17-7(6)11/h4-5H,3H2,1-2H3. The van der Waals surface area contributed by atoms with Crippen LogP contribution in [0.5, 0.6) is 0 Å². The van der Waals surface area contributed by atoms with Gasteiger partial charge < -0.3 is 9.15 Å². The minimum absolute atomic E-state index is 0.00150. The topological polar surface area (TPSA) is 70.2 Å². The number of rotatable bonds is 3. The van der Waals surface area contributed by atoms with Gasteiger partial charge in [-0.25, -0.2) is 14.5 Å². The van der Waals surface area contributed by atoms with Crippen LogP contribution in [0.1, 0.15) is 17.5 Å². The van der Waals surface area contributed by atoms with Crippen molar-refractivity contribution < 1.29 is 13.9 Å². The van der Waals surface area contributed by atoms with Crippen LogP contribution >= 0.6 is 11.6 Å². The Balaban J connectivity index is 2.38. The summed E-state index contributed by atoms with van der Waals surface area (Å²) in [6, 6.07) is 1.65. The molecule has 0 spiro atoms. The molecule has 2 aromatic heterocycles. The average Bonchev–Trinajstić information content (AvgIpc) is 2.85. The third-order valence-corrected chi connectivity index (χ3v) is 2.37. The molecule has 0 aliphatic heterocycles. The molecule has 0 aromatic carbocycles. The number of hydrogen-bond acceptors (Lipinski definition) is 5. The van der Waals surface area contributed by atoms with Crippen LogP contribution in [-0.4, -0.2) is 27.3 Å². The van der Waals surface area contributed by atoms with Crippen LogP contribution in [0.3, 0.4) is 0 Å². The van der Waals surface area contributed by atoms with Gasteiger partial charge in [-0.1, -0.05) is 0 Å². The fraction of sp³-hybridized carbons (Fsp3) is 0.300. The minimum atomic E-state index is -0.561. The SMILES string of the molecule is CCOC(=O)c1nc(-c2ccoc2Cl)n(C)n1. The van der Waals surface area contributed by atoms with E-state index < -0.39 is 5.97 Å². The van der Waals surface area contributed by atoms with E-state index in [0.717, 1.165) is 0 Å². The number of halogens is 1. The van der Waals surface area contributed by atoms with Crippen LogP contribution in [-0.2, 0) is 11.8 Å². The summed E-state index contributed by atoms with van der Waals surface area (Å²) in [6.45, 7) is 1.99. The molecule has 0 fully saturated rings. The van der Waals surface area contributed by atoms with Gasteiger partial charge in [0.2, 0.25) is 5.22 Å². The molecule has 2 rings (SSSR count). The van der Waals surface area contributed by atoms with E-state index in [-0.39, 0.29) is 17.7 Å². The van der Waals surface area contributed by atoms with Crippen molar-refractivity contribution >= 4 is 17.6 Å². The van der Waals surface area contributed by atoms with Crippen LogP contribution < -0.4 is 0 Å². The van der Waals surface area contributed by atoms with Gasteiger partial charge in [-0.15, -0.1) is 5.10 Å². The predicted molar refractivity (Wildman–Crippen MR) is 59.7 cm³/mol. The van der Waals surface area contributed by atoms with Gasteiger partial charge in [0.1, 0.15) is 0 Å². The van der Waals surface area contributed by atoms with Gasteiger partial charge in [0, 0.05) is 7.05 Å². The van der Waals surface area contributed by atoms with E-state index in [0.29, 0.717) is 11.4 Å². The first-order valence-electron chi connectivity index (χ1n) is 4.95. The second-order valence-electron chi connectivity index (χ2n) is 3.21. The number of ether oxygens (including phenoxy) is 1. The highest BCUT2D eigenvalue weighted by atomic mass is 35.5. The molecule has 17 heavy (non-hydrogen) atoms. The molecule has 6 nitrogen and oxygen atoms in total. The Hall–Kier alpha value is -1.82. The molecule has 0 atom stereocenters. The van der Waals surface area contributed by atoms with Gasteiger partial charge in [-0.2, -0.15) is 0 Å². The van der Waals surface area contributed by atoms with Gasteiger partial charge in [-0.3, -0.25) is 0 Å². The Morgan fingerprint density at radius 3 is 3.00 bits per heavy atom. The summed E-state index contributed by atoms with van der Waals surface area (Å²) in [5.74, 6) is -0.109. The molecule has 0 aliphatic rings. The van der Waals surface area contributed by atoms with Gasteiger partial charge in [-0.05, 0) is 24.6 Å². The third-order valence-electron chi connectivity index (χ3n) is 2.08. The molecule has 90 valence electrons. The van der Waals surface area contributed by atoms with Crippen molar-refractivity contribution in [1.29, 1.82) is 0 Å². The molecule has 0 N–H and O–H groups in total. The Morgan fingerprint density at radius 1 is 1.65 bits per heavy atom. The first kappa shape index (κ1) is 11.7. The molecule has 7 heteroatoms. The van der Waals surface area contributed by atoms with Crippen molar-refractivity contribution in [3.05, 3.63) is 23.4 Å². The molecule has 0 unspecified atom stereocenters. The molecule has 0 amide bonds. The van der Waals surface area contributed by atoms with Gasteiger partial charge >= 0.3 is 5.97 Å². The second-order valence-corrected chi connectivity index (χ2v) is 3.55. The number of nitrogens with zero attached hydrogens (tertiary/aromatic N) is 3. The van der Waals surface area contributed by atoms with Gasteiger partial charge in [0.15, 0.2) is 5.82 Å². The zero-order valence-corrected chi connectivity index (χ0v) is 10.1. The van der Waals surface area contributed by atoms with Crippen LogP contribution in [0.25, 0.3) is 11.4 Å². The fourth-order valence-electron chi connectivity index (χ4n) is 1.35. The number of carbonyl (C=O) groups is 1. The van der Waals surface area contributed by atoms with E-state index in [1.165, 1.54) is 10.9 Å². The summed E-state index contributed by atoms with van der Waals surface area (Å²) in [4.78, 5) is 15.5. The molecular formula is C10H10ClN3O3. The lowest BCUT2D eigenvalue weighted by atomic mass is 10.3. The first-order valence-corrected chi connectivity index (χ1v) is 5.32. The van der Waals surface area contributed by atoms with Crippen molar-refractivity contribution in [3.8, 4) is 11.4 Å². The Morgan fingerprint density at radius 2 is 2.41 bits per heavy atom. The second kappa shape index (κ2) is 4.58. The maximum Gasteiger partial charge on any atom is 0.378 e. The zero-order valence-electron chi connectivity index (χ0n) is 9.31. The lowest BCUT2D eigenvalue weighted by molar-refractivity contribution is 0.0512. The molecule has 0 radical (unpaired) electrons. The summed E-state index contributed by atoms with van der Waals surface area (Å²) in [5, 5.41) is 4.16. The predicted octanol–water partition coefficient (Wildman–Crippen LogP) is 1.91. The van der Waals surface area contributed by atoms with E-state index in [2.05, 4.69) is 10.1 Å². The number of aromatic nitrogens is 3. The van der Waals surface area contributed by atoms with E-state index in [1.54, 1.807) is 20.0 Å². The number of esters is 1. The molecule has 2 aromatic rings. The van der Waals surface area contributed by atoms with Crippen LogP contribution in [0.2, 0.25) is 5.22 Å². The summed E-state index contributed by atoms with van der Waals surface area (Å²) in [5.41, 5.74) is 0.581. The largest absolute Gasteiger partial charge is 0.460 e. The average molecular weight is 256 g/mol. The molecule has 0 saturated carbocycles. The van der Waals surface area contributed by atoms with Crippen molar-refractivity contribution in [2.45, 2.75) is 6.92 Å². The Labute approximate surface area is 102 Å². The maximum absolute atomic E-state index is 11.4. The number of carbonyl (C=O) groups excluding carboxylic acids is 1. The quantitative estimate of drug-likeness (QED) is 0.784. The van der Waals surface area contributed by atoms with Crippen molar-refractivity contribution in [1.82, 2.24) is 14.8 Å². The Bertz CT molecular complexity index is 547. The molecule has 0 bridgehead atoms. The van der Waals surface area contributed by atoms with E-state index >= 15 is 0 Å². The van der Waals surface area contributed by atoms with Gasteiger partial charge in [0.25, 0.3) is 5.82 Å². The number of furan rings is 1.